The van der Waals surface area contributed by atoms with Crippen LogP contribution in [0.25, 0.3) is 0 Å². The predicted octanol–water partition coefficient (Wildman–Crippen LogP) is 1.86. The van der Waals surface area contributed by atoms with E-state index in [-0.39, 0.29) is 11.9 Å². The molecule has 0 bridgehead atoms. The van der Waals surface area contributed by atoms with Crippen molar-refractivity contribution in [1.82, 2.24) is 0 Å². The Kier molecular flexibility index (Phi) is 2.62. The van der Waals surface area contributed by atoms with Crippen LogP contribution in [0.2, 0.25) is 0 Å². The Hall–Kier alpha value is -1.51. The molecule has 1 aliphatic carbocycles. The molecule has 0 spiro atoms. The molecule has 2 rings (SSSR count). The summed E-state index contributed by atoms with van der Waals surface area (Å²) < 4.78 is 4.81. The highest BCUT2D eigenvalue weighted by atomic mass is 16.5. The summed E-state index contributed by atoms with van der Waals surface area (Å²) in [5.41, 5.74) is 8.80. The van der Waals surface area contributed by atoms with Crippen LogP contribution in [-0.4, -0.2) is 13.1 Å². The monoisotopic (exact) mass is 205 g/mol. The number of rotatable bonds is 1. The van der Waals surface area contributed by atoms with Crippen molar-refractivity contribution < 1.29 is 9.53 Å². The maximum atomic E-state index is 11.6. The Morgan fingerprint density at radius 3 is 3.07 bits per heavy atom. The first-order valence-electron chi connectivity index (χ1n) is 5.19. The van der Waals surface area contributed by atoms with Gasteiger partial charge in [-0.05, 0) is 36.5 Å². The van der Waals surface area contributed by atoms with Gasteiger partial charge in [0.15, 0.2) is 0 Å². The lowest BCUT2D eigenvalue weighted by Gasteiger charge is -2.24. The number of fused-ring (bicyclic) bond motifs is 1. The number of nitrogens with two attached hydrogens (primary N) is 1. The van der Waals surface area contributed by atoms with Crippen LogP contribution < -0.4 is 5.73 Å². The number of benzene rings is 1. The lowest BCUT2D eigenvalue weighted by Crippen LogP contribution is -2.21. The highest BCUT2D eigenvalue weighted by Crippen LogP contribution is 2.35. The summed E-state index contributed by atoms with van der Waals surface area (Å²) in [5.74, 6) is -0.339. The normalized spacial score (nSPS) is 19.4. The average Bonchev–Trinajstić information content (AvgIpc) is 2.28. The van der Waals surface area contributed by atoms with E-state index >= 15 is 0 Å². The lowest BCUT2D eigenvalue weighted by molar-refractivity contribution is -0.142. The first-order chi connectivity index (χ1) is 7.24. The third kappa shape index (κ3) is 1.69. The van der Waals surface area contributed by atoms with Gasteiger partial charge in [-0.3, -0.25) is 4.79 Å². The van der Waals surface area contributed by atoms with Gasteiger partial charge in [-0.25, -0.2) is 0 Å². The molecular formula is C12H15NO2. The van der Waals surface area contributed by atoms with Crippen molar-refractivity contribution in [3.63, 3.8) is 0 Å². The molecule has 15 heavy (non-hydrogen) atoms. The molecular weight excluding hydrogens is 190 g/mol. The molecule has 0 amide bonds. The second kappa shape index (κ2) is 3.93. The third-order valence-electron chi connectivity index (χ3n) is 3.00. The fourth-order valence-corrected chi connectivity index (χ4v) is 2.29. The number of hydrogen-bond acceptors (Lipinski definition) is 3. The summed E-state index contributed by atoms with van der Waals surface area (Å²) in [4.78, 5) is 11.6. The van der Waals surface area contributed by atoms with Crippen molar-refractivity contribution in [3.05, 3.63) is 29.3 Å². The minimum absolute atomic E-state index is 0.167. The number of carbonyl (C=O) groups is 1. The Labute approximate surface area is 89.2 Å². The van der Waals surface area contributed by atoms with Crippen LogP contribution in [0.15, 0.2) is 18.2 Å². The van der Waals surface area contributed by atoms with Crippen LogP contribution >= 0.6 is 0 Å². The van der Waals surface area contributed by atoms with E-state index in [0.29, 0.717) is 5.69 Å². The summed E-state index contributed by atoms with van der Waals surface area (Å²) >= 11 is 0. The zero-order valence-electron chi connectivity index (χ0n) is 8.82. The van der Waals surface area contributed by atoms with E-state index in [4.69, 9.17) is 10.5 Å². The summed E-state index contributed by atoms with van der Waals surface area (Å²) in [6.07, 6.45) is 2.87. The minimum Gasteiger partial charge on any atom is -0.469 e. The van der Waals surface area contributed by atoms with Crippen LogP contribution in [0.1, 0.15) is 29.9 Å². The van der Waals surface area contributed by atoms with E-state index < -0.39 is 0 Å². The maximum Gasteiger partial charge on any atom is 0.313 e. The van der Waals surface area contributed by atoms with Gasteiger partial charge < -0.3 is 10.5 Å². The van der Waals surface area contributed by atoms with Crippen LogP contribution in [-0.2, 0) is 16.0 Å². The fourth-order valence-electron chi connectivity index (χ4n) is 2.29. The standard InChI is InChI=1S/C12H15NO2/c1-15-12(14)9-6-2-4-8-5-3-7-10(13)11(8)9/h3,5,7,9H,2,4,6,13H2,1H3. The summed E-state index contributed by atoms with van der Waals surface area (Å²) in [7, 11) is 1.43. The van der Waals surface area contributed by atoms with Crippen LogP contribution in [0.4, 0.5) is 5.69 Å². The summed E-state index contributed by atoms with van der Waals surface area (Å²) in [5, 5.41) is 0. The van der Waals surface area contributed by atoms with Crippen molar-refractivity contribution in [2.24, 2.45) is 0 Å². The van der Waals surface area contributed by atoms with Crippen LogP contribution in [0, 0.1) is 0 Å². The molecule has 1 aliphatic rings. The topological polar surface area (TPSA) is 52.3 Å². The molecule has 0 saturated carbocycles. The smallest absolute Gasteiger partial charge is 0.313 e. The number of hydrogen-bond donors (Lipinski definition) is 1. The molecule has 0 radical (unpaired) electrons. The summed E-state index contributed by atoms with van der Waals surface area (Å²) in [6.45, 7) is 0. The van der Waals surface area contributed by atoms with E-state index in [1.54, 1.807) is 0 Å². The van der Waals surface area contributed by atoms with Gasteiger partial charge >= 0.3 is 5.97 Å². The Balaban J connectivity index is 2.45. The number of nitrogen functional groups attached to an aromatic ring is 1. The molecule has 0 saturated heterocycles. The molecule has 0 aliphatic heterocycles. The first-order valence-corrected chi connectivity index (χ1v) is 5.19. The van der Waals surface area contributed by atoms with Crippen molar-refractivity contribution in [1.29, 1.82) is 0 Å². The van der Waals surface area contributed by atoms with Gasteiger partial charge in [0.05, 0.1) is 13.0 Å². The number of methoxy groups -OCH3 is 1. The predicted molar refractivity (Wildman–Crippen MR) is 58.5 cm³/mol. The largest absolute Gasteiger partial charge is 0.469 e. The van der Waals surface area contributed by atoms with E-state index in [2.05, 4.69) is 0 Å². The second-order valence-corrected chi connectivity index (χ2v) is 3.89. The molecule has 0 heterocycles. The fraction of sp³-hybridized carbons (Fsp3) is 0.417. The molecule has 2 N–H and O–H groups in total. The number of anilines is 1. The van der Waals surface area contributed by atoms with Gasteiger partial charge in [-0.15, -0.1) is 0 Å². The number of carbonyl (C=O) groups excluding carboxylic acids is 1. The molecule has 0 fully saturated rings. The Morgan fingerprint density at radius 1 is 1.53 bits per heavy atom. The van der Waals surface area contributed by atoms with Gasteiger partial charge in [0.25, 0.3) is 0 Å². The van der Waals surface area contributed by atoms with Crippen LogP contribution in [0.3, 0.4) is 0 Å². The highest BCUT2D eigenvalue weighted by Gasteiger charge is 2.28. The number of esters is 1. The molecule has 3 nitrogen and oxygen atoms in total. The Morgan fingerprint density at radius 2 is 2.33 bits per heavy atom. The van der Waals surface area contributed by atoms with Gasteiger partial charge in [0, 0.05) is 5.69 Å². The molecule has 3 heteroatoms. The van der Waals surface area contributed by atoms with E-state index in [1.165, 1.54) is 12.7 Å². The van der Waals surface area contributed by atoms with Gasteiger partial charge in [0.1, 0.15) is 0 Å². The zero-order chi connectivity index (χ0) is 10.8. The van der Waals surface area contributed by atoms with Gasteiger partial charge in [-0.2, -0.15) is 0 Å². The molecule has 80 valence electrons. The SMILES string of the molecule is COC(=O)C1CCCc2cccc(N)c21. The van der Waals surface area contributed by atoms with Crippen LogP contribution in [0.5, 0.6) is 0 Å². The summed E-state index contributed by atoms with van der Waals surface area (Å²) in [6, 6.07) is 5.83. The number of ether oxygens (including phenoxy) is 1. The lowest BCUT2D eigenvalue weighted by atomic mass is 9.82. The van der Waals surface area contributed by atoms with E-state index in [1.807, 2.05) is 18.2 Å². The molecule has 1 atom stereocenters. The molecule has 1 aromatic rings. The highest BCUT2D eigenvalue weighted by molar-refractivity contribution is 5.81. The van der Waals surface area contributed by atoms with E-state index in [0.717, 1.165) is 24.8 Å². The third-order valence-corrected chi connectivity index (χ3v) is 3.00. The maximum absolute atomic E-state index is 11.6. The van der Waals surface area contributed by atoms with Crippen molar-refractivity contribution in [2.45, 2.75) is 25.2 Å². The number of aryl methyl sites for hydroxylation is 1. The van der Waals surface area contributed by atoms with Gasteiger partial charge in [-0.1, -0.05) is 12.1 Å². The molecule has 0 aromatic heterocycles. The van der Waals surface area contributed by atoms with Gasteiger partial charge in [0.2, 0.25) is 0 Å². The molecule has 1 aromatic carbocycles. The molecule has 1 unspecified atom stereocenters. The van der Waals surface area contributed by atoms with E-state index in [9.17, 15) is 4.79 Å². The second-order valence-electron chi connectivity index (χ2n) is 3.89. The van der Waals surface area contributed by atoms with Crippen molar-refractivity contribution in [3.8, 4) is 0 Å². The minimum atomic E-state index is -0.172. The van der Waals surface area contributed by atoms with Crippen molar-refractivity contribution >= 4 is 11.7 Å². The Bertz CT molecular complexity index is 387. The first kappa shape index (κ1) is 10.0. The average molecular weight is 205 g/mol. The van der Waals surface area contributed by atoms with Crippen molar-refractivity contribution in [2.75, 3.05) is 12.8 Å². The zero-order valence-corrected chi connectivity index (χ0v) is 8.82. The quantitative estimate of drug-likeness (QED) is 0.562.